The summed E-state index contributed by atoms with van der Waals surface area (Å²) in [6.07, 6.45) is 7.65. The SMILES string of the molecule is O=C(NC1CC1)C1CN(Cc2cnc(-c3ccccn3)nc2)CCN1. The summed E-state index contributed by atoms with van der Waals surface area (Å²) in [7, 11) is 0. The number of amides is 1. The lowest BCUT2D eigenvalue weighted by Gasteiger charge is -2.32. The first-order valence-corrected chi connectivity index (χ1v) is 8.76. The number of hydrogen-bond donors (Lipinski definition) is 2. The fourth-order valence-electron chi connectivity index (χ4n) is 2.98. The minimum absolute atomic E-state index is 0.119. The van der Waals surface area contributed by atoms with Crippen molar-refractivity contribution in [2.45, 2.75) is 31.5 Å². The van der Waals surface area contributed by atoms with Gasteiger partial charge in [0.15, 0.2) is 5.82 Å². The highest BCUT2D eigenvalue weighted by Crippen LogP contribution is 2.19. The van der Waals surface area contributed by atoms with Gasteiger partial charge in [-0.15, -0.1) is 0 Å². The first-order valence-electron chi connectivity index (χ1n) is 8.76. The van der Waals surface area contributed by atoms with E-state index in [9.17, 15) is 4.79 Å². The van der Waals surface area contributed by atoms with Gasteiger partial charge in [0.1, 0.15) is 5.69 Å². The third-order valence-corrected chi connectivity index (χ3v) is 4.51. The van der Waals surface area contributed by atoms with Crippen molar-refractivity contribution in [1.82, 2.24) is 30.5 Å². The van der Waals surface area contributed by atoms with Gasteiger partial charge in [0, 0.05) is 56.4 Å². The third-order valence-electron chi connectivity index (χ3n) is 4.51. The fraction of sp³-hybridized carbons (Fsp3) is 0.444. The number of pyridine rings is 1. The molecule has 1 amide bonds. The van der Waals surface area contributed by atoms with Gasteiger partial charge < -0.3 is 10.6 Å². The molecule has 1 aliphatic carbocycles. The summed E-state index contributed by atoms with van der Waals surface area (Å²) in [5, 5.41) is 6.38. The van der Waals surface area contributed by atoms with E-state index in [-0.39, 0.29) is 11.9 Å². The highest BCUT2D eigenvalue weighted by Gasteiger charge is 2.30. The summed E-state index contributed by atoms with van der Waals surface area (Å²) in [5.74, 6) is 0.750. The predicted octanol–water partition coefficient (Wildman–Crippen LogP) is 0.591. The molecule has 7 heteroatoms. The summed E-state index contributed by atoms with van der Waals surface area (Å²) in [5.41, 5.74) is 1.82. The van der Waals surface area contributed by atoms with Crippen LogP contribution in [0.3, 0.4) is 0 Å². The molecule has 0 spiro atoms. The summed E-state index contributed by atoms with van der Waals surface area (Å²) in [6.45, 7) is 3.18. The lowest BCUT2D eigenvalue weighted by Crippen LogP contribution is -2.57. The molecular formula is C18H22N6O. The maximum atomic E-state index is 12.2. The number of nitrogens with zero attached hydrogens (tertiary/aromatic N) is 4. The molecule has 1 saturated carbocycles. The summed E-state index contributed by atoms with van der Waals surface area (Å²) < 4.78 is 0. The van der Waals surface area contributed by atoms with Crippen LogP contribution in [0.15, 0.2) is 36.8 Å². The smallest absolute Gasteiger partial charge is 0.238 e. The molecule has 0 bridgehead atoms. The summed E-state index contributed by atoms with van der Waals surface area (Å²) in [6, 6.07) is 5.96. The highest BCUT2D eigenvalue weighted by atomic mass is 16.2. The van der Waals surface area contributed by atoms with Gasteiger partial charge in [-0.05, 0) is 25.0 Å². The second-order valence-corrected chi connectivity index (χ2v) is 6.65. The molecule has 7 nitrogen and oxygen atoms in total. The molecule has 2 aromatic heterocycles. The Bertz CT molecular complexity index is 716. The quantitative estimate of drug-likeness (QED) is 0.830. The fourth-order valence-corrected chi connectivity index (χ4v) is 2.98. The van der Waals surface area contributed by atoms with Gasteiger partial charge in [-0.3, -0.25) is 14.7 Å². The molecule has 1 unspecified atom stereocenters. The van der Waals surface area contributed by atoms with Gasteiger partial charge >= 0.3 is 0 Å². The standard InChI is InChI=1S/C18H22N6O/c25-18(23-14-4-5-14)16-12-24(8-7-20-16)11-13-9-21-17(22-10-13)15-3-1-2-6-19-15/h1-3,6,9-10,14,16,20H,4-5,7-8,11-12H2,(H,23,25). The Hall–Kier alpha value is -2.38. The number of nitrogens with one attached hydrogen (secondary N) is 2. The first kappa shape index (κ1) is 16.1. The van der Waals surface area contributed by atoms with E-state index < -0.39 is 0 Å². The van der Waals surface area contributed by atoms with Crippen molar-refractivity contribution in [1.29, 1.82) is 0 Å². The maximum absolute atomic E-state index is 12.2. The average Bonchev–Trinajstić information content (AvgIpc) is 3.47. The van der Waals surface area contributed by atoms with E-state index in [1.54, 1.807) is 6.20 Å². The molecule has 2 aliphatic rings. The van der Waals surface area contributed by atoms with Gasteiger partial charge in [-0.25, -0.2) is 9.97 Å². The third kappa shape index (κ3) is 4.18. The summed E-state index contributed by atoms with van der Waals surface area (Å²) in [4.78, 5) is 27.6. The molecule has 130 valence electrons. The van der Waals surface area contributed by atoms with Crippen LogP contribution in [0.4, 0.5) is 0 Å². The van der Waals surface area contributed by atoms with Crippen molar-refractivity contribution in [3.8, 4) is 11.5 Å². The van der Waals surface area contributed by atoms with E-state index in [4.69, 9.17) is 0 Å². The Labute approximate surface area is 146 Å². The molecule has 0 aromatic carbocycles. The van der Waals surface area contributed by atoms with Gasteiger partial charge in [-0.1, -0.05) is 6.07 Å². The maximum Gasteiger partial charge on any atom is 0.238 e. The van der Waals surface area contributed by atoms with Crippen molar-refractivity contribution in [2.75, 3.05) is 19.6 Å². The van der Waals surface area contributed by atoms with Crippen LogP contribution in [0.1, 0.15) is 18.4 Å². The van der Waals surface area contributed by atoms with Gasteiger partial charge in [-0.2, -0.15) is 0 Å². The van der Waals surface area contributed by atoms with E-state index in [1.807, 2.05) is 30.6 Å². The van der Waals surface area contributed by atoms with Crippen molar-refractivity contribution >= 4 is 5.91 Å². The van der Waals surface area contributed by atoms with E-state index in [0.717, 1.165) is 43.7 Å². The lowest BCUT2D eigenvalue weighted by atomic mass is 10.1. The van der Waals surface area contributed by atoms with Crippen molar-refractivity contribution in [2.24, 2.45) is 0 Å². The van der Waals surface area contributed by atoms with Crippen LogP contribution in [0.25, 0.3) is 11.5 Å². The van der Waals surface area contributed by atoms with Crippen LogP contribution >= 0.6 is 0 Å². The van der Waals surface area contributed by atoms with Crippen molar-refractivity contribution in [3.05, 3.63) is 42.4 Å². The number of rotatable bonds is 5. The van der Waals surface area contributed by atoms with Crippen LogP contribution in [0.5, 0.6) is 0 Å². The topological polar surface area (TPSA) is 83.0 Å². The molecule has 4 rings (SSSR count). The van der Waals surface area contributed by atoms with E-state index in [1.165, 1.54) is 0 Å². The lowest BCUT2D eigenvalue weighted by molar-refractivity contribution is -0.124. The van der Waals surface area contributed by atoms with Crippen molar-refractivity contribution < 1.29 is 4.79 Å². The molecular weight excluding hydrogens is 316 g/mol. The number of carbonyl (C=O) groups excluding carboxylic acids is 1. The Morgan fingerprint density at radius 1 is 1.24 bits per heavy atom. The number of piperazine rings is 1. The molecule has 1 atom stereocenters. The Morgan fingerprint density at radius 2 is 2.08 bits per heavy atom. The number of aromatic nitrogens is 3. The Balaban J connectivity index is 1.35. The first-order chi connectivity index (χ1) is 12.3. The number of hydrogen-bond acceptors (Lipinski definition) is 6. The zero-order chi connectivity index (χ0) is 17.1. The van der Waals surface area contributed by atoms with Gasteiger partial charge in [0.05, 0.1) is 6.04 Å². The van der Waals surface area contributed by atoms with Crippen molar-refractivity contribution in [3.63, 3.8) is 0 Å². The molecule has 0 radical (unpaired) electrons. The molecule has 2 fully saturated rings. The van der Waals surface area contributed by atoms with Gasteiger partial charge in [0.25, 0.3) is 0 Å². The average molecular weight is 338 g/mol. The van der Waals surface area contributed by atoms with E-state index in [2.05, 4.69) is 30.5 Å². The summed E-state index contributed by atoms with van der Waals surface area (Å²) >= 11 is 0. The van der Waals surface area contributed by atoms with Crippen LogP contribution in [-0.2, 0) is 11.3 Å². The number of carbonyl (C=O) groups is 1. The van der Waals surface area contributed by atoms with Crippen LogP contribution in [0, 0.1) is 0 Å². The Kier molecular flexibility index (Phi) is 4.67. The molecule has 25 heavy (non-hydrogen) atoms. The normalized spacial score (nSPS) is 21.0. The van der Waals surface area contributed by atoms with E-state index in [0.29, 0.717) is 18.4 Å². The zero-order valence-corrected chi connectivity index (χ0v) is 14.1. The molecule has 3 heterocycles. The molecule has 1 saturated heterocycles. The molecule has 1 aliphatic heterocycles. The van der Waals surface area contributed by atoms with E-state index >= 15 is 0 Å². The second kappa shape index (κ2) is 7.25. The minimum Gasteiger partial charge on any atom is -0.352 e. The monoisotopic (exact) mass is 338 g/mol. The predicted molar refractivity (Wildman–Crippen MR) is 93.5 cm³/mol. The van der Waals surface area contributed by atoms with Crippen LogP contribution in [-0.4, -0.2) is 57.5 Å². The Morgan fingerprint density at radius 3 is 2.80 bits per heavy atom. The molecule has 2 aromatic rings. The zero-order valence-electron chi connectivity index (χ0n) is 14.1. The largest absolute Gasteiger partial charge is 0.352 e. The van der Waals surface area contributed by atoms with Crippen LogP contribution < -0.4 is 10.6 Å². The second-order valence-electron chi connectivity index (χ2n) is 6.65. The van der Waals surface area contributed by atoms with Crippen LogP contribution in [0.2, 0.25) is 0 Å². The highest BCUT2D eigenvalue weighted by molar-refractivity contribution is 5.82. The molecule has 2 N–H and O–H groups in total. The van der Waals surface area contributed by atoms with Gasteiger partial charge in [0.2, 0.25) is 5.91 Å². The minimum atomic E-state index is -0.136.